The van der Waals surface area contributed by atoms with E-state index in [1.807, 2.05) is 25.8 Å². The molecule has 0 aromatic rings. The Morgan fingerprint density at radius 1 is 1.47 bits per heavy atom. The summed E-state index contributed by atoms with van der Waals surface area (Å²) >= 11 is 0. The summed E-state index contributed by atoms with van der Waals surface area (Å²) in [4.78, 5) is 15.9. The fourth-order valence-corrected chi connectivity index (χ4v) is 1.76. The minimum atomic E-state index is -0.170. The van der Waals surface area contributed by atoms with Crippen LogP contribution in [0.2, 0.25) is 0 Å². The number of hydrogen-bond acceptors (Lipinski definition) is 5. The Hall–Kier alpha value is -0.650. The van der Waals surface area contributed by atoms with Gasteiger partial charge in [0.25, 0.3) is 0 Å². The van der Waals surface area contributed by atoms with Crippen LogP contribution in [-0.2, 0) is 14.3 Å². The molecule has 0 aromatic heterocycles. The smallest absolute Gasteiger partial charge is 0.323 e. The molecule has 1 atom stereocenters. The molecule has 1 heterocycles. The normalized spacial score (nSPS) is 19.3. The largest absolute Gasteiger partial charge is 0.465 e. The van der Waals surface area contributed by atoms with Crippen molar-refractivity contribution in [3.8, 4) is 0 Å². The maximum Gasteiger partial charge on any atom is 0.323 e. The van der Waals surface area contributed by atoms with E-state index in [9.17, 15) is 4.79 Å². The molecule has 5 heteroatoms. The van der Waals surface area contributed by atoms with Gasteiger partial charge in [-0.2, -0.15) is 0 Å². The van der Waals surface area contributed by atoms with E-state index in [-0.39, 0.29) is 12.0 Å². The molecule has 0 aliphatic carbocycles. The van der Waals surface area contributed by atoms with E-state index >= 15 is 0 Å². The number of rotatable bonds is 6. The third kappa shape index (κ3) is 5.02. The summed E-state index contributed by atoms with van der Waals surface area (Å²) in [7, 11) is 1.96. The van der Waals surface area contributed by atoms with Crippen molar-refractivity contribution < 1.29 is 14.3 Å². The molecule has 1 fully saturated rings. The van der Waals surface area contributed by atoms with Crippen LogP contribution in [0, 0.1) is 0 Å². The van der Waals surface area contributed by atoms with E-state index in [0.717, 1.165) is 39.4 Å². The van der Waals surface area contributed by atoms with Crippen molar-refractivity contribution in [3.63, 3.8) is 0 Å². The summed E-state index contributed by atoms with van der Waals surface area (Å²) in [5.41, 5.74) is 0. The fourth-order valence-electron chi connectivity index (χ4n) is 1.76. The van der Waals surface area contributed by atoms with E-state index < -0.39 is 0 Å². The van der Waals surface area contributed by atoms with Crippen molar-refractivity contribution in [2.45, 2.75) is 19.9 Å². The van der Waals surface area contributed by atoms with E-state index in [1.165, 1.54) is 0 Å². The number of likely N-dealkylation sites (N-methyl/N-ethyl adjacent to an activating group) is 1. The van der Waals surface area contributed by atoms with Gasteiger partial charge in [-0.15, -0.1) is 0 Å². The second-order valence-corrected chi connectivity index (χ2v) is 4.36. The van der Waals surface area contributed by atoms with E-state index in [2.05, 4.69) is 4.90 Å². The van der Waals surface area contributed by atoms with Crippen molar-refractivity contribution in [1.82, 2.24) is 9.80 Å². The summed E-state index contributed by atoms with van der Waals surface area (Å²) in [5.74, 6) is -0.142. The topological polar surface area (TPSA) is 42.0 Å². The Balaban J connectivity index is 2.22. The number of ether oxygens (including phenoxy) is 2. The number of carbonyl (C=O) groups is 1. The van der Waals surface area contributed by atoms with Crippen LogP contribution in [0.4, 0.5) is 0 Å². The minimum Gasteiger partial charge on any atom is -0.465 e. The molecular weight excluding hydrogens is 220 g/mol. The first-order valence-corrected chi connectivity index (χ1v) is 6.32. The lowest BCUT2D eigenvalue weighted by Crippen LogP contribution is -2.44. The summed E-state index contributed by atoms with van der Waals surface area (Å²) in [5, 5.41) is 0. The quantitative estimate of drug-likeness (QED) is 0.625. The van der Waals surface area contributed by atoms with Crippen molar-refractivity contribution >= 4 is 5.97 Å². The van der Waals surface area contributed by atoms with Crippen LogP contribution in [-0.4, -0.2) is 74.9 Å². The molecule has 1 aliphatic heterocycles. The zero-order valence-electron chi connectivity index (χ0n) is 11.1. The van der Waals surface area contributed by atoms with Crippen LogP contribution in [0.25, 0.3) is 0 Å². The Morgan fingerprint density at radius 2 is 2.12 bits per heavy atom. The van der Waals surface area contributed by atoms with Crippen LogP contribution in [0.1, 0.15) is 13.8 Å². The molecule has 1 saturated heterocycles. The molecule has 0 radical (unpaired) electrons. The van der Waals surface area contributed by atoms with Crippen LogP contribution in [0.5, 0.6) is 0 Å². The zero-order chi connectivity index (χ0) is 12.7. The maximum atomic E-state index is 11.5. The molecule has 1 unspecified atom stereocenters. The molecule has 5 nitrogen and oxygen atoms in total. The van der Waals surface area contributed by atoms with Gasteiger partial charge < -0.3 is 9.47 Å². The third-order valence-corrected chi connectivity index (χ3v) is 3.16. The number of nitrogens with zero attached hydrogens (tertiary/aromatic N) is 2. The highest BCUT2D eigenvalue weighted by molar-refractivity contribution is 5.75. The third-order valence-electron chi connectivity index (χ3n) is 3.16. The van der Waals surface area contributed by atoms with Gasteiger partial charge in [-0.1, -0.05) is 0 Å². The van der Waals surface area contributed by atoms with Gasteiger partial charge in [-0.05, 0) is 20.9 Å². The van der Waals surface area contributed by atoms with Crippen LogP contribution >= 0.6 is 0 Å². The number of esters is 1. The number of carbonyl (C=O) groups excluding carboxylic acids is 1. The number of hydrogen-bond donors (Lipinski definition) is 0. The van der Waals surface area contributed by atoms with Gasteiger partial charge in [0.2, 0.25) is 0 Å². The molecule has 100 valence electrons. The van der Waals surface area contributed by atoms with Crippen molar-refractivity contribution in [3.05, 3.63) is 0 Å². The van der Waals surface area contributed by atoms with E-state index in [0.29, 0.717) is 6.61 Å². The minimum absolute atomic E-state index is 0.142. The SMILES string of the molecule is CCOC(=O)C(C)N(C)CCN1CCOCC1. The number of morpholine rings is 1. The molecule has 0 aromatic carbocycles. The highest BCUT2D eigenvalue weighted by atomic mass is 16.5. The molecule has 17 heavy (non-hydrogen) atoms. The van der Waals surface area contributed by atoms with E-state index in [1.54, 1.807) is 0 Å². The Kier molecular flexibility index (Phi) is 6.47. The van der Waals surface area contributed by atoms with Crippen LogP contribution in [0.15, 0.2) is 0 Å². The predicted molar refractivity (Wildman–Crippen MR) is 66.0 cm³/mol. The first kappa shape index (κ1) is 14.4. The lowest BCUT2D eigenvalue weighted by Gasteiger charge is -2.30. The van der Waals surface area contributed by atoms with Gasteiger partial charge in [0.1, 0.15) is 6.04 Å². The Labute approximate surface area is 104 Å². The second-order valence-electron chi connectivity index (χ2n) is 4.36. The molecule has 1 rings (SSSR count). The standard InChI is InChI=1S/C12H24N2O3/c1-4-17-12(15)11(2)13(3)5-6-14-7-9-16-10-8-14/h11H,4-10H2,1-3H3. The lowest BCUT2D eigenvalue weighted by atomic mass is 10.3. The van der Waals surface area contributed by atoms with Gasteiger partial charge in [-0.25, -0.2) is 0 Å². The predicted octanol–water partition coefficient (Wildman–Crippen LogP) is 0.202. The van der Waals surface area contributed by atoms with Crippen molar-refractivity contribution in [1.29, 1.82) is 0 Å². The first-order chi connectivity index (χ1) is 8.15. The van der Waals surface area contributed by atoms with Gasteiger partial charge in [0.15, 0.2) is 0 Å². The molecule has 0 saturated carbocycles. The summed E-state index contributed by atoms with van der Waals surface area (Å²) in [6.45, 7) is 9.62. The molecule has 0 N–H and O–H groups in total. The van der Waals surface area contributed by atoms with Gasteiger partial charge in [0.05, 0.1) is 19.8 Å². The van der Waals surface area contributed by atoms with Crippen molar-refractivity contribution in [2.75, 3.05) is 53.0 Å². The zero-order valence-corrected chi connectivity index (χ0v) is 11.1. The molecular formula is C12H24N2O3. The monoisotopic (exact) mass is 244 g/mol. The molecule has 0 amide bonds. The van der Waals surface area contributed by atoms with Gasteiger partial charge in [-0.3, -0.25) is 14.6 Å². The Bertz CT molecular complexity index is 230. The molecule has 0 spiro atoms. The summed E-state index contributed by atoms with van der Waals surface area (Å²) < 4.78 is 10.3. The maximum absolute atomic E-state index is 11.5. The first-order valence-electron chi connectivity index (χ1n) is 6.32. The van der Waals surface area contributed by atoms with Gasteiger partial charge >= 0.3 is 5.97 Å². The molecule has 0 bridgehead atoms. The summed E-state index contributed by atoms with van der Waals surface area (Å²) in [6.07, 6.45) is 0. The summed E-state index contributed by atoms with van der Waals surface area (Å²) in [6, 6.07) is -0.170. The van der Waals surface area contributed by atoms with Crippen LogP contribution < -0.4 is 0 Å². The fraction of sp³-hybridized carbons (Fsp3) is 0.917. The van der Waals surface area contributed by atoms with Crippen molar-refractivity contribution in [2.24, 2.45) is 0 Å². The Morgan fingerprint density at radius 3 is 2.71 bits per heavy atom. The lowest BCUT2D eigenvalue weighted by molar-refractivity contribution is -0.148. The average Bonchev–Trinajstić information content (AvgIpc) is 2.36. The van der Waals surface area contributed by atoms with Crippen LogP contribution in [0.3, 0.4) is 0 Å². The molecule has 1 aliphatic rings. The van der Waals surface area contributed by atoms with E-state index in [4.69, 9.17) is 9.47 Å². The highest BCUT2D eigenvalue weighted by Crippen LogP contribution is 2.01. The highest BCUT2D eigenvalue weighted by Gasteiger charge is 2.19. The van der Waals surface area contributed by atoms with Gasteiger partial charge in [0, 0.05) is 26.2 Å². The average molecular weight is 244 g/mol. The second kappa shape index (κ2) is 7.63.